The van der Waals surface area contributed by atoms with E-state index in [4.69, 9.17) is 0 Å². The molecule has 0 bridgehead atoms. The van der Waals surface area contributed by atoms with Crippen LogP contribution < -0.4 is 0 Å². The normalized spacial score (nSPS) is 24.9. The average molecular weight is 221 g/mol. The summed E-state index contributed by atoms with van der Waals surface area (Å²) in [5.41, 5.74) is 2.45. The quantitative estimate of drug-likeness (QED) is 0.654. The molecule has 0 atom stereocenters. The third kappa shape index (κ3) is 2.68. The first-order chi connectivity index (χ1) is 7.63. The van der Waals surface area contributed by atoms with Gasteiger partial charge in [-0.25, -0.2) is 0 Å². The molecule has 2 aliphatic rings. The molecule has 1 nitrogen and oxygen atoms in total. The van der Waals surface area contributed by atoms with Gasteiger partial charge in [0, 0.05) is 19.6 Å². The van der Waals surface area contributed by atoms with Crippen molar-refractivity contribution in [3.05, 3.63) is 11.6 Å². The van der Waals surface area contributed by atoms with E-state index in [2.05, 4.69) is 31.7 Å². The third-order valence-corrected chi connectivity index (χ3v) is 4.19. The Morgan fingerprint density at radius 2 is 1.88 bits per heavy atom. The topological polar surface area (TPSA) is 3.24 Å². The standard InChI is InChI=1S/C15H27N/c1-4-5-14-6-8-15(9-7-14)11-16(12-15)10-13(2)3/h5,13H,4,6-12H2,1-3H3. The second-order valence-corrected chi connectivity index (χ2v) is 6.33. The molecule has 1 saturated heterocycles. The van der Waals surface area contributed by atoms with Gasteiger partial charge in [0.25, 0.3) is 0 Å². The van der Waals surface area contributed by atoms with Crippen LogP contribution in [0.1, 0.15) is 52.9 Å². The van der Waals surface area contributed by atoms with Crippen LogP contribution in [-0.2, 0) is 0 Å². The van der Waals surface area contributed by atoms with Crippen molar-refractivity contribution in [1.29, 1.82) is 0 Å². The average Bonchev–Trinajstić information content (AvgIpc) is 2.18. The van der Waals surface area contributed by atoms with E-state index < -0.39 is 0 Å². The van der Waals surface area contributed by atoms with Crippen molar-refractivity contribution in [3.8, 4) is 0 Å². The minimum Gasteiger partial charge on any atom is -0.302 e. The monoisotopic (exact) mass is 221 g/mol. The summed E-state index contributed by atoms with van der Waals surface area (Å²) in [5.74, 6) is 0.830. The summed E-state index contributed by atoms with van der Waals surface area (Å²) in [5, 5.41) is 0. The van der Waals surface area contributed by atoms with E-state index in [1.165, 1.54) is 51.7 Å². The Balaban J connectivity index is 1.76. The first-order valence-electron chi connectivity index (χ1n) is 7.04. The molecule has 0 aromatic carbocycles. The number of rotatable bonds is 3. The molecule has 0 aromatic heterocycles. The Morgan fingerprint density at radius 1 is 1.25 bits per heavy atom. The smallest absolute Gasteiger partial charge is 0.00508 e. The van der Waals surface area contributed by atoms with Crippen LogP contribution in [0.5, 0.6) is 0 Å². The van der Waals surface area contributed by atoms with E-state index in [1.807, 2.05) is 0 Å². The molecule has 1 spiro atoms. The van der Waals surface area contributed by atoms with Gasteiger partial charge in [-0.05, 0) is 43.4 Å². The van der Waals surface area contributed by atoms with Gasteiger partial charge in [-0.2, -0.15) is 0 Å². The summed E-state index contributed by atoms with van der Waals surface area (Å²) >= 11 is 0. The zero-order valence-corrected chi connectivity index (χ0v) is 11.3. The molecule has 0 aromatic rings. The van der Waals surface area contributed by atoms with Crippen molar-refractivity contribution in [3.63, 3.8) is 0 Å². The molecule has 0 N–H and O–H groups in total. The predicted octanol–water partition coefficient (Wildman–Crippen LogP) is 3.85. The van der Waals surface area contributed by atoms with Crippen molar-refractivity contribution in [1.82, 2.24) is 4.90 Å². The van der Waals surface area contributed by atoms with Gasteiger partial charge in [-0.15, -0.1) is 0 Å². The molecule has 2 fully saturated rings. The van der Waals surface area contributed by atoms with E-state index in [9.17, 15) is 0 Å². The van der Waals surface area contributed by atoms with Crippen molar-refractivity contribution in [2.75, 3.05) is 19.6 Å². The number of hydrogen-bond donors (Lipinski definition) is 0. The van der Waals surface area contributed by atoms with Crippen molar-refractivity contribution in [2.24, 2.45) is 11.3 Å². The van der Waals surface area contributed by atoms with E-state index in [-0.39, 0.29) is 0 Å². The maximum absolute atomic E-state index is 2.65. The van der Waals surface area contributed by atoms with Crippen LogP contribution in [0.2, 0.25) is 0 Å². The summed E-state index contributed by atoms with van der Waals surface area (Å²) in [7, 11) is 0. The second kappa shape index (κ2) is 4.91. The molecular weight excluding hydrogens is 194 g/mol. The largest absolute Gasteiger partial charge is 0.302 e. The molecule has 1 saturated carbocycles. The zero-order chi connectivity index (χ0) is 11.6. The molecule has 0 amide bonds. The van der Waals surface area contributed by atoms with Crippen LogP contribution in [-0.4, -0.2) is 24.5 Å². The van der Waals surface area contributed by atoms with Gasteiger partial charge in [0.2, 0.25) is 0 Å². The zero-order valence-electron chi connectivity index (χ0n) is 11.3. The van der Waals surface area contributed by atoms with Crippen molar-refractivity contribution < 1.29 is 0 Å². The number of hydrogen-bond acceptors (Lipinski definition) is 1. The Bertz CT molecular complexity index is 247. The first kappa shape index (κ1) is 12.2. The van der Waals surface area contributed by atoms with Gasteiger partial charge >= 0.3 is 0 Å². The number of allylic oxidation sites excluding steroid dienone is 2. The highest BCUT2D eigenvalue weighted by atomic mass is 15.2. The Morgan fingerprint density at radius 3 is 2.38 bits per heavy atom. The molecule has 1 heterocycles. The van der Waals surface area contributed by atoms with Gasteiger partial charge in [0.15, 0.2) is 0 Å². The maximum atomic E-state index is 2.65. The van der Waals surface area contributed by atoms with E-state index in [0.717, 1.165) is 11.3 Å². The summed E-state index contributed by atoms with van der Waals surface area (Å²) < 4.78 is 0. The fourth-order valence-electron chi connectivity index (χ4n) is 3.46. The molecule has 92 valence electrons. The number of likely N-dealkylation sites (tertiary alicyclic amines) is 1. The van der Waals surface area contributed by atoms with Crippen LogP contribution >= 0.6 is 0 Å². The van der Waals surface area contributed by atoms with Gasteiger partial charge in [-0.1, -0.05) is 32.4 Å². The summed E-state index contributed by atoms with van der Waals surface area (Å²) in [4.78, 5) is 2.65. The minimum absolute atomic E-state index is 0.722. The lowest BCUT2D eigenvalue weighted by atomic mass is 9.67. The van der Waals surface area contributed by atoms with Crippen LogP contribution in [0.25, 0.3) is 0 Å². The fraction of sp³-hybridized carbons (Fsp3) is 0.867. The Hall–Kier alpha value is -0.300. The van der Waals surface area contributed by atoms with Gasteiger partial charge in [0.1, 0.15) is 0 Å². The molecule has 0 radical (unpaired) electrons. The summed E-state index contributed by atoms with van der Waals surface area (Å²) in [6.45, 7) is 11.0. The van der Waals surface area contributed by atoms with E-state index in [0.29, 0.717) is 0 Å². The third-order valence-electron chi connectivity index (χ3n) is 4.19. The highest BCUT2D eigenvalue weighted by molar-refractivity contribution is 5.11. The molecular formula is C15H27N. The molecule has 1 aliphatic carbocycles. The van der Waals surface area contributed by atoms with Crippen molar-refractivity contribution >= 4 is 0 Å². The van der Waals surface area contributed by atoms with Gasteiger partial charge < -0.3 is 4.90 Å². The van der Waals surface area contributed by atoms with Gasteiger partial charge in [-0.3, -0.25) is 0 Å². The fourth-order valence-corrected chi connectivity index (χ4v) is 3.46. The molecule has 2 rings (SSSR count). The Labute approximate surface area is 101 Å². The SMILES string of the molecule is CCC=C1CCC2(CC1)CN(CC(C)C)C2. The Kier molecular flexibility index (Phi) is 3.73. The van der Waals surface area contributed by atoms with Crippen molar-refractivity contribution in [2.45, 2.75) is 52.9 Å². The predicted molar refractivity (Wildman–Crippen MR) is 70.6 cm³/mol. The second-order valence-electron chi connectivity index (χ2n) is 6.33. The van der Waals surface area contributed by atoms with Gasteiger partial charge in [0.05, 0.1) is 0 Å². The van der Waals surface area contributed by atoms with E-state index >= 15 is 0 Å². The lowest BCUT2D eigenvalue weighted by Crippen LogP contribution is -2.57. The minimum atomic E-state index is 0.722. The summed E-state index contributed by atoms with van der Waals surface area (Å²) in [6.07, 6.45) is 9.34. The maximum Gasteiger partial charge on any atom is 0.00508 e. The van der Waals surface area contributed by atoms with Crippen LogP contribution in [0.4, 0.5) is 0 Å². The van der Waals surface area contributed by atoms with Crippen LogP contribution in [0.3, 0.4) is 0 Å². The van der Waals surface area contributed by atoms with Crippen LogP contribution in [0, 0.1) is 11.3 Å². The number of nitrogens with zero attached hydrogens (tertiary/aromatic N) is 1. The lowest BCUT2D eigenvalue weighted by Gasteiger charge is -2.53. The van der Waals surface area contributed by atoms with Crippen LogP contribution in [0.15, 0.2) is 11.6 Å². The highest BCUT2D eigenvalue weighted by Crippen LogP contribution is 2.45. The molecule has 16 heavy (non-hydrogen) atoms. The first-order valence-corrected chi connectivity index (χ1v) is 7.04. The lowest BCUT2D eigenvalue weighted by molar-refractivity contribution is -0.0267. The molecule has 0 unspecified atom stereocenters. The van der Waals surface area contributed by atoms with E-state index in [1.54, 1.807) is 5.57 Å². The summed E-state index contributed by atoms with van der Waals surface area (Å²) in [6, 6.07) is 0. The molecule has 1 aliphatic heterocycles. The highest BCUT2D eigenvalue weighted by Gasteiger charge is 2.43. The molecule has 1 heteroatoms.